The Balaban J connectivity index is 1.47. The lowest BCUT2D eigenvalue weighted by molar-refractivity contribution is -0.121. The second-order valence-electron chi connectivity index (χ2n) is 7.61. The van der Waals surface area contributed by atoms with Gasteiger partial charge in [-0.15, -0.1) is 0 Å². The monoisotopic (exact) mass is 423 g/mol. The molecule has 0 saturated carbocycles. The van der Waals surface area contributed by atoms with Gasteiger partial charge in [-0.3, -0.25) is 9.59 Å². The normalized spacial score (nSPS) is 11.9. The van der Waals surface area contributed by atoms with Crippen LogP contribution in [0, 0.1) is 0 Å². The van der Waals surface area contributed by atoms with E-state index in [1.54, 1.807) is 0 Å². The van der Waals surface area contributed by atoms with Crippen molar-refractivity contribution in [2.45, 2.75) is 58.4 Å². The zero-order chi connectivity index (χ0) is 21.3. The van der Waals surface area contributed by atoms with E-state index in [2.05, 4.69) is 40.7 Å². The van der Waals surface area contributed by atoms with Crippen LogP contribution in [0.15, 0.2) is 48.5 Å². The van der Waals surface area contributed by atoms with Gasteiger partial charge < -0.3 is 10.6 Å². The number of nitrogens with zero attached hydrogens (tertiary/aromatic N) is 1. The summed E-state index contributed by atoms with van der Waals surface area (Å²) in [6, 6.07) is 16.5. The summed E-state index contributed by atoms with van der Waals surface area (Å²) < 4.78 is 1.02. The van der Waals surface area contributed by atoms with Gasteiger partial charge in [0.25, 0.3) is 0 Å². The molecule has 2 amide bonds. The highest BCUT2D eigenvalue weighted by molar-refractivity contribution is 7.22. The second kappa shape index (κ2) is 10.9. The van der Waals surface area contributed by atoms with Crippen LogP contribution >= 0.6 is 11.3 Å². The predicted octanol–water partition coefficient (Wildman–Crippen LogP) is 5.11. The van der Waals surface area contributed by atoms with Crippen LogP contribution in [0.25, 0.3) is 10.2 Å². The molecular formula is C24H29N3O2S. The van der Waals surface area contributed by atoms with Crippen LogP contribution in [-0.2, 0) is 22.4 Å². The molecule has 0 aliphatic carbocycles. The Hall–Kier alpha value is -2.73. The van der Waals surface area contributed by atoms with E-state index in [1.807, 2.05) is 37.3 Å². The van der Waals surface area contributed by atoms with E-state index in [0.29, 0.717) is 24.4 Å². The molecule has 158 valence electrons. The molecular weight excluding hydrogens is 394 g/mol. The fraction of sp³-hybridized carbons (Fsp3) is 0.375. The highest BCUT2D eigenvalue weighted by Gasteiger charge is 2.10. The van der Waals surface area contributed by atoms with Crippen molar-refractivity contribution in [2.24, 2.45) is 0 Å². The molecule has 1 heterocycles. The molecule has 0 aliphatic rings. The van der Waals surface area contributed by atoms with Crippen LogP contribution in [0.2, 0.25) is 0 Å². The molecule has 5 nitrogen and oxygen atoms in total. The van der Waals surface area contributed by atoms with Crippen LogP contribution in [-0.4, -0.2) is 22.8 Å². The lowest BCUT2D eigenvalue weighted by Gasteiger charge is -2.14. The van der Waals surface area contributed by atoms with Gasteiger partial charge in [-0.05, 0) is 55.9 Å². The van der Waals surface area contributed by atoms with Gasteiger partial charge in [0.15, 0.2) is 5.13 Å². The number of amides is 2. The van der Waals surface area contributed by atoms with Gasteiger partial charge in [-0.25, -0.2) is 4.98 Å². The first kappa shape index (κ1) is 22.0. The third-order valence-corrected chi connectivity index (χ3v) is 5.87. The summed E-state index contributed by atoms with van der Waals surface area (Å²) in [5.41, 5.74) is 3.26. The Morgan fingerprint density at radius 2 is 1.80 bits per heavy atom. The lowest BCUT2D eigenvalue weighted by atomic mass is 10.1. The molecule has 1 aromatic heterocycles. The molecule has 1 atom stereocenters. The number of benzene rings is 2. The van der Waals surface area contributed by atoms with E-state index in [4.69, 9.17) is 0 Å². The van der Waals surface area contributed by atoms with E-state index in [0.717, 1.165) is 35.0 Å². The number of hydrogen-bond donors (Lipinski definition) is 2. The fourth-order valence-electron chi connectivity index (χ4n) is 3.29. The Labute approximate surface area is 181 Å². The van der Waals surface area contributed by atoms with E-state index < -0.39 is 0 Å². The molecule has 6 heteroatoms. The van der Waals surface area contributed by atoms with Crippen molar-refractivity contribution >= 4 is 38.5 Å². The summed E-state index contributed by atoms with van der Waals surface area (Å²) in [6.07, 6.45) is 4.34. The van der Waals surface area contributed by atoms with E-state index in [9.17, 15) is 9.59 Å². The molecule has 3 aromatic rings. The number of anilines is 1. The van der Waals surface area contributed by atoms with Crippen LogP contribution < -0.4 is 10.6 Å². The highest BCUT2D eigenvalue weighted by atomic mass is 32.1. The number of carbonyl (C=O) groups excluding carboxylic acids is 2. The average molecular weight is 424 g/mol. The predicted molar refractivity (Wildman–Crippen MR) is 124 cm³/mol. The van der Waals surface area contributed by atoms with Gasteiger partial charge in [0.2, 0.25) is 11.8 Å². The first-order valence-electron chi connectivity index (χ1n) is 10.6. The van der Waals surface area contributed by atoms with Crippen molar-refractivity contribution in [2.75, 3.05) is 5.32 Å². The molecule has 2 N–H and O–H groups in total. The number of aryl methyl sites for hydroxylation is 2. The Morgan fingerprint density at radius 3 is 2.57 bits per heavy atom. The summed E-state index contributed by atoms with van der Waals surface area (Å²) in [6.45, 7) is 4.03. The quantitative estimate of drug-likeness (QED) is 0.476. The van der Waals surface area contributed by atoms with Gasteiger partial charge in [-0.2, -0.15) is 0 Å². The number of rotatable bonds is 10. The van der Waals surface area contributed by atoms with Gasteiger partial charge in [0.05, 0.1) is 10.2 Å². The van der Waals surface area contributed by atoms with Gasteiger partial charge in [0, 0.05) is 18.9 Å². The molecule has 0 spiro atoms. The molecule has 0 fully saturated rings. The molecule has 0 aliphatic heterocycles. The summed E-state index contributed by atoms with van der Waals surface area (Å²) in [5.74, 6) is 0.0716. The van der Waals surface area contributed by atoms with Crippen LogP contribution in [0.3, 0.4) is 0 Å². The Morgan fingerprint density at radius 1 is 1.00 bits per heavy atom. The number of fused-ring (bicyclic) bond motifs is 1. The molecule has 3 rings (SSSR count). The second-order valence-corrected chi connectivity index (χ2v) is 8.64. The molecule has 30 heavy (non-hydrogen) atoms. The maximum atomic E-state index is 12.3. The van der Waals surface area contributed by atoms with Crippen LogP contribution in [0.4, 0.5) is 5.13 Å². The highest BCUT2D eigenvalue weighted by Crippen LogP contribution is 2.27. The Bertz CT molecular complexity index is 985. The number of nitrogens with one attached hydrogen (secondary N) is 2. The third kappa shape index (κ3) is 6.66. The van der Waals surface area contributed by atoms with E-state index in [-0.39, 0.29) is 17.9 Å². The first-order valence-corrected chi connectivity index (χ1v) is 11.4. The summed E-state index contributed by atoms with van der Waals surface area (Å²) in [7, 11) is 0. The van der Waals surface area contributed by atoms with Gasteiger partial charge >= 0.3 is 0 Å². The van der Waals surface area contributed by atoms with Crippen molar-refractivity contribution in [3.05, 3.63) is 59.7 Å². The van der Waals surface area contributed by atoms with Crippen molar-refractivity contribution in [3.8, 4) is 0 Å². The summed E-state index contributed by atoms with van der Waals surface area (Å²) in [4.78, 5) is 28.5. The third-order valence-electron chi connectivity index (χ3n) is 4.93. The van der Waals surface area contributed by atoms with E-state index >= 15 is 0 Å². The largest absolute Gasteiger partial charge is 0.354 e. The van der Waals surface area contributed by atoms with Crippen LogP contribution in [0.1, 0.15) is 50.7 Å². The summed E-state index contributed by atoms with van der Waals surface area (Å²) >= 11 is 1.47. The molecule has 0 bridgehead atoms. The minimum atomic E-state index is -0.00478. The van der Waals surface area contributed by atoms with Crippen molar-refractivity contribution in [1.82, 2.24) is 10.3 Å². The maximum absolute atomic E-state index is 12.3. The lowest BCUT2D eigenvalue weighted by Crippen LogP contribution is -2.33. The van der Waals surface area contributed by atoms with Crippen molar-refractivity contribution in [3.63, 3.8) is 0 Å². The minimum Gasteiger partial charge on any atom is -0.354 e. The molecule has 0 saturated heterocycles. The maximum Gasteiger partial charge on any atom is 0.226 e. The fourth-order valence-corrected chi connectivity index (χ4v) is 4.24. The number of hydrogen-bond acceptors (Lipinski definition) is 4. The first-order chi connectivity index (χ1) is 14.5. The Kier molecular flexibility index (Phi) is 7.97. The van der Waals surface area contributed by atoms with E-state index in [1.165, 1.54) is 16.9 Å². The van der Waals surface area contributed by atoms with Gasteiger partial charge in [0.1, 0.15) is 0 Å². The minimum absolute atomic E-state index is 0.00478. The molecule has 0 radical (unpaired) electrons. The average Bonchev–Trinajstić information content (AvgIpc) is 3.13. The van der Waals surface area contributed by atoms with Crippen LogP contribution in [0.5, 0.6) is 0 Å². The van der Waals surface area contributed by atoms with Crippen molar-refractivity contribution < 1.29 is 9.59 Å². The number of aromatic nitrogens is 1. The molecule has 0 unspecified atom stereocenters. The molecule has 2 aromatic carbocycles. The van der Waals surface area contributed by atoms with Gasteiger partial charge in [-0.1, -0.05) is 54.7 Å². The number of carbonyl (C=O) groups is 2. The standard InChI is InChI=1S/C24H29N3O2S/c1-3-7-22(28)27-24-26-20-14-12-19(16-21(20)30-24)13-15-23(29)25-17(2)10-11-18-8-5-4-6-9-18/h4-6,8-9,12,14,16-17H,3,7,10-11,13,15H2,1-2H3,(H,25,29)(H,26,27,28)/t17-/m0/s1. The SMILES string of the molecule is CCCC(=O)Nc1nc2ccc(CCC(=O)N[C@@H](C)CCc3ccccc3)cc2s1. The summed E-state index contributed by atoms with van der Waals surface area (Å²) in [5, 5.41) is 6.58. The van der Waals surface area contributed by atoms with Crippen molar-refractivity contribution in [1.29, 1.82) is 0 Å². The zero-order valence-corrected chi connectivity index (χ0v) is 18.4. The number of thiazole rings is 1. The topological polar surface area (TPSA) is 71.1 Å². The smallest absolute Gasteiger partial charge is 0.226 e. The zero-order valence-electron chi connectivity index (χ0n) is 17.6.